The SMILES string of the molecule is Cc1ccc(I)cc1-n1ccnc1NCC(C)C. The van der Waals surface area contributed by atoms with Crippen LogP contribution in [-0.4, -0.2) is 16.1 Å². The smallest absolute Gasteiger partial charge is 0.207 e. The highest BCUT2D eigenvalue weighted by Crippen LogP contribution is 2.21. The van der Waals surface area contributed by atoms with Crippen LogP contribution >= 0.6 is 22.6 Å². The van der Waals surface area contributed by atoms with E-state index in [1.807, 2.05) is 12.4 Å². The van der Waals surface area contributed by atoms with E-state index >= 15 is 0 Å². The Bertz CT molecular complexity index is 532. The summed E-state index contributed by atoms with van der Waals surface area (Å²) in [5, 5.41) is 3.39. The van der Waals surface area contributed by atoms with E-state index in [2.05, 4.69) is 76.4 Å². The van der Waals surface area contributed by atoms with E-state index in [0.29, 0.717) is 5.92 Å². The summed E-state index contributed by atoms with van der Waals surface area (Å²) >= 11 is 2.34. The molecule has 2 aromatic rings. The van der Waals surface area contributed by atoms with Gasteiger partial charge in [0.15, 0.2) is 0 Å². The molecular weight excluding hydrogens is 337 g/mol. The van der Waals surface area contributed by atoms with Crippen LogP contribution in [0.1, 0.15) is 19.4 Å². The van der Waals surface area contributed by atoms with Gasteiger partial charge in [-0.3, -0.25) is 4.57 Å². The topological polar surface area (TPSA) is 29.9 Å². The minimum Gasteiger partial charge on any atom is -0.355 e. The summed E-state index contributed by atoms with van der Waals surface area (Å²) < 4.78 is 3.34. The monoisotopic (exact) mass is 355 g/mol. The van der Waals surface area contributed by atoms with Crippen molar-refractivity contribution in [3.63, 3.8) is 0 Å². The molecule has 1 N–H and O–H groups in total. The van der Waals surface area contributed by atoms with E-state index in [-0.39, 0.29) is 0 Å². The molecule has 0 saturated heterocycles. The van der Waals surface area contributed by atoms with Gasteiger partial charge >= 0.3 is 0 Å². The highest BCUT2D eigenvalue weighted by molar-refractivity contribution is 14.1. The molecule has 4 heteroatoms. The Morgan fingerprint density at radius 2 is 2.17 bits per heavy atom. The number of benzene rings is 1. The van der Waals surface area contributed by atoms with Crippen LogP contribution in [0, 0.1) is 16.4 Å². The van der Waals surface area contributed by atoms with Gasteiger partial charge in [0.05, 0.1) is 5.69 Å². The first-order valence-corrected chi connectivity index (χ1v) is 7.19. The average Bonchev–Trinajstić information content (AvgIpc) is 2.77. The van der Waals surface area contributed by atoms with Crippen LogP contribution in [0.25, 0.3) is 5.69 Å². The third-order valence-electron chi connectivity index (χ3n) is 2.74. The summed E-state index contributed by atoms with van der Waals surface area (Å²) in [7, 11) is 0. The van der Waals surface area contributed by atoms with Gasteiger partial charge in [-0.25, -0.2) is 4.98 Å². The van der Waals surface area contributed by atoms with Crippen molar-refractivity contribution in [1.82, 2.24) is 9.55 Å². The number of hydrogen-bond acceptors (Lipinski definition) is 2. The number of nitrogens with zero attached hydrogens (tertiary/aromatic N) is 2. The molecule has 0 fully saturated rings. The van der Waals surface area contributed by atoms with Crippen LogP contribution in [-0.2, 0) is 0 Å². The number of hydrogen-bond donors (Lipinski definition) is 1. The molecule has 0 bridgehead atoms. The van der Waals surface area contributed by atoms with Crippen LogP contribution in [0.3, 0.4) is 0 Å². The molecule has 0 amide bonds. The first-order chi connectivity index (χ1) is 8.58. The lowest BCUT2D eigenvalue weighted by Gasteiger charge is -2.13. The molecule has 1 aromatic heterocycles. The van der Waals surface area contributed by atoms with Crippen LogP contribution < -0.4 is 5.32 Å². The zero-order valence-electron chi connectivity index (χ0n) is 10.9. The number of imidazole rings is 1. The fourth-order valence-corrected chi connectivity index (χ4v) is 2.24. The van der Waals surface area contributed by atoms with E-state index in [1.54, 1.807) is 0 Å². The molecule has 1 aromatic carbocycles. The second kappa shape index (κ2) is 5.73. The van der Waals surface area contributed by atoms with Crippen LogP contribution in [0.15, 0.2) is 30.6 Å². The Hall–Kier alpha value is -1.04. The fourth-order valence-electron chi connectivity index (χ4n) is 1.77. The Morgan fingerprint density at radius 1 is 1.39 bits per heavy atom. The molecule has 1 heterocycles. The van der Waals surface area contributed by atoms with Crippen LogP contribution in [0.2, 0.25) is 0 Å². The number of nitrogens with one attached hydrogen (secondary N) is 1. The molecule has 0 spiro atoms. The highest BCUT2D eigenvalue weighted by atomic mass is 127. The van der Waals surface area contributed by atoms with Gasteiger partial charge in [-0.05, 0) is 53.1 Å². The van der Waals surface area contributed by atoms with Crippen LogP contribution in [0.5, 0.6) is 0 Å². The van der Waals surface area contributed by atoms with Crippen LogP contribution in [0.4, 0.5) is 5.95 Å². The predicted octanol–water partition coefficient (Wildman–Crippen LogP) is 3.85. The highest BCUT2D eigenvalue weighted by Gasteiger charge is 2.08. The lowest BCUT2D eigenvalue weighted by atomic mass is 10.2. The zero-order valence-corrected chi connectivity index (χ0v) is 13.1. The van der Waals surface area contributed by atoms with E-state index in [1.165, 1.54) is 14.8 Å². The predicted molar refractivity (Wildman–Crippen MR) is 84.3 cm³/mol. The molecule has 18 heavy (non-hydrogen) atoms. The van der Waals surface area contributed by atoms with E-state index in [9.17, 15) is 0 Å². The number of rotatable bonds is 4. The third kappa shape index (κ3) is 3.04. The van der Waals surface area contributed by atoms with Gasteiger partial charge in [0.1, 0.15) is 0 Å². The molecule has 2 rings (SSSR count). The normalized spacial score (nSPS) is 10.9. The van der Waals surface area contributed by atoms with E-state index < -0.39 is 0 Å². The standard InChI is InChI=1S/C14H18IN3/c1-10(2)9-17-14-16-6-7-18(14)13-8-12(15)5-4-11(13)3/h4-8,10H,9H2,1-3H3,(H,16,17). The molecule has 0 aliphatic carbocycles. The van der Waals surface area contributed by atoms with Crippen molar-refractivity contribution in [3.8, 4) is 5.69 Å². The molecule has 0 unspecified atom stereocenters. The first-order valence-electron chi connectivity index (χ1n) is 6.11. The Kier molecular flexibility index (Phi) is 4.27. The molecule has 0 radical (unpaired) electrons. The summed E-state index contributed by atoms with van der Waals surface area (Å²) in [6, 6.07) is 6.44. The maximum atomic E-state index is 4.38. The average molecular weight is 355 g/mol. The van der Waals surface area contributed by atoms with Gasteiger partial charge < -0.3 is 5.32 Å². The summed E-state index contributed by atoms with van der Waals surface area (Å²) in [6.07, 6.45) is 3.84. The number of aromatic nitrogens is 2. The molecule has 0 aliphatic rings. The fraction of sp³-hybridized carbons (Fsp3) is 0.357. The first kappa shape index (κ1) is 13.4. The molecule has 0 atom stereocenters. The number of anilines is 1. The van der Waals surface area contributed by atoms with Crippen molar-refractivity contribution in [3.05, 3.63) is 39.7 Å². The van der Waals surface area contributed by atoms with Crippen molar-refractivity contribution in [2.45, 2.75) is 20.8 Å². The quantitative estimate of drug-likeness (QED) is 0.845. The molecule has 0 aliphatic heterocycles. The second-order valence-corrected chi connectivity index (χ2v) is 6.07. The van der Waals surface area contributed by atoms with E-state index in [4.69, 9.17) is 0 Å². The van der Waals surface area contributed by atoms with Gasteiger partial charge in [-0.15, -0.1) is 0 Å². The molecular formula is C14H18IN3. The Labute approximate surface area is 122 Å². The minimum absolute atomic E-state index is 0.604. The summed E-state index contributed by atoms with van der Waals surface area (Å²) in [4.78, 5) is 4.38. The zero-order chi connectivity index (χ0) is 13.1. The Morgan fingerprint density at radius 3 is 2.89 bits per heavy atom. The second-order valence-electron chi connectivity index (χ2n) is 4.83. The van der Waals surface area contributed by atoms with Gasteiger partial charge in [-0.2, -0.15) is 0 Å². The van der Waals surface area contributed by atoms with Gasteiger partial charge in [-0.1, -0.05) is 19.9 Å². The van der Waals surface area contributed by atoms with E-state index in [0.717, 1.165) is 12.5 Å². The molecule has 0 saturated carbocycles. The summed E-state index contributed by atoms with van der Waals surface area (Å²) in [6.45, 7) is 7.44. The maximum absolute atomic E-state index is 4.38. The van der Waals surface area contributed by atoms with Crippen molar-refractivity contribution >= 4 is 28.5 Å². The number of halogens is 1. The number of aryl methyl sites for hydroxylation is 1. The lowest BCUT2D eigenvalue weighted by molar-refractivity contribution is 0.683. The summed E-state index contributed by atoms with van der Waals surface area (Å²) in [5.74, 6) is 1.51. The maximum Gasteiger partial charge on any atom is 0.207 e. The van der Waals surface area contributed by atoms with Gasteiger partial charge in [0, 0.05) is 22.5 Å². The van der Waals surface area contributed by atoms with Crippen molar-refractivity contribution in [2.75, 3.05) is 11.9 Å². The summed E-state index contributed by atoms with van der Waals surface area (Å²) in [5.41, 5.74) is 2.44. The molecule has 96 valence electrons. The molecule has 3 nitrogen and oxygen atoms in total. The largest absolute Gasteiger partial charge is 0.355 e. The minimum atomic E-state index is 0.604. The van der Waals surface area contributed by atoms with Crippen molar-refractivity contribution in [1.29, 1.82) is 0 Å². The third-order valence-corrected chi connectivity index (χ3v) is 3.41. The van der Waals surface area contributed by atoms with Crippen molar-refractivity contribution < 1.29 is 0 Å². The van der Waals surface area contributed by atoms with Crippen molar-refractivity contribution in [2.24, 2.45) is 5.92 Å². The Balaban J connectivity index is 2.33. The lowest BCUT2D eigenvalue weighted by Crippen LogP contribution is -2.12. The van der Waals surface area contributed by atoms with Gasteiger partial charge in [0.25, 0.3) is 0 Å². The van der Waals surface area contributed by atoms with Gasteiger partial charge in [0.2, 0.25) is 5.95 Å².